The Kier molecular flexibility index (Phi) is 7.92. The number of carbonyl (C=O) groups is 1. The van der Waals surface area contributed by atoms with Gasteiger partial charge in [-0.1, -0.05) is 67.6 Å². The van der Waals surface area contributed by atoms with Crippen molar-refractivity contribution < 1.29 is 4.79 Å². The van der Waals surface area contributed by atoms with E-state index in [4.69, 9.17) is 9.98 Å². The molecule has 1 aromatic heterocycles. The Morgan fingerprint density at radius 2 is 1.65 bits per heavy atom. The molecule has 0 aliphatic heterocycles. The van der Waals surface area contributed by atoms with Crippen molar-refractivity contribution in [1.29, 1.82) is 0 Å². The molecule has 1 amide bonds. The normalized spacial score (nSPS) is 11.7. The van der Waals surface area contributed by atoms with Crippen LogP contribution < -0.4 is 5.32 Å². The van der Waals surface area contributed by atoms with Crippen LogP contribution in [-0.4, -0.2) is 28.2 Å². The smallest absolute Gasteiger partial charge is 0.251 e. The number of para-hydroxylation sites is 1. The number of imidazole rings is 1. The Morgan fingerprint density at radius 1 is 0.925 bits per heavy atom. The van der Waals surface area contributed by atoms with Gasteiger partial charge in [0, 0.05) is 31.3 Å². The summed E-state index contributed by atoms with van der Waals surface area (Å²) >= 11 is 0. The SMILES string of the molecule is CCCc1nc2c(C)cc(C(C)=Nc3ccccc3C)cc2n1Cc1ccc(-c2ccccc2C(=O)NC)cc1. The molecule has 0 fully saturated rings. The Hall–Kier alpha value is -4.51. The van der Waals surface area contributed by atoms with Crippen molar-refractivity contribution >= 4 is 28.3 Å². The maximum Gasteiger partial charge on any atom is 0.251 e. The first-order valence-corrected chi connectivity index (χ1v) is 13.9. The molecule has 5 nitrogen and oxygen atoms in total. The number of fused-ring (bicyclic) bond motifs is 1. The number of hydrogen-bond donors (Lipinski definition) is 1. The molecule has 0 saturated heterocycles. The molecule has 0 unspecified atom stereocenters. The molecule has 0 aliphatic carbocycles. The van der Waals surface area contributed by atoms with E-state index in [1.54, 1.807) is 7.05 Å². The van der Waals surface area contributed by atoms with Crippen molar-refractivity contribution in [3.63, 3.8) is 0 Å². The van der Waals surface area contributed by atoms with Crippen LogP contribution in [0.5, 0.6) is 0 Å². The molecule has 1 N–H and O–H groups in total. The van der Waals surface area contributed by atoms with Crippen molar-refractivity contribution in [2.45, 2.75) is 47.1 Å². The molecule has 0 radical (unpaired) electrons. The van der Waals surface area contributed by atoms with Gasteiger partial charge in [0.25, 0.3) is 5.91 Å². The Bertz CT molecular complexity index is 1710. The first-order chi connectivity index (χ1) is 19.4. The van der Waals surface area contributed by atoms with Crippen molar-refractivity contribution in [2.24, 2.45) is 4.99 Å². The minimum atomic E-state index is -0.0822. The number of aromatic nitrogens is 2. The molecule has 0 atom stereocenters. The highest BCUT2D eigenvalue weighted by molar-refractivity contribution is 6.03. The fraction of sp³-hybridized carbons (Fsp3) is 0.229. The number of carbonyl (C=O) groups excluding carboxylic acids is 1. The fourth-order valence-corrected chi connectivity index (χ4v) is 5.21. The molecule has 0 saturated carbocycles. The monoisotopic (exact) mass is 528 g/mol. The number of aliphatic imine (C=N–C) groups is 1. The van der Waals surface area contributed by atoms with Crippen molar-refractivity contribution in [3.05, 3.63) is 119 Å². The number of nitrogens with zero attached hydrogens (tertiary/aromatic N) is 3. The van der Waals surface area contributed by atoms with Gasteiger partial charge in [-0.2, -0.15) is 0 Å². The summed E-state index contributed by atoms with van der Waals surface area (Å²) in [6.07, 6.45) is 1.94. The number of nitrogens with one attached hydrogen (secondary N) is 1. The molecule has 40 heavy (non-hydrogen) atoms. The molecular formula is C35H36N4O. The van der Waals surface area contributed by atoms with Gasteiger partial charge in [0.2, 0.25) is 0 Å². The molecule has 5 aromatic rings. The third-order valence-electron chi connectivity index (χ3n) is 7.42. The zero-order valence-corrected chi connectivity index (χ0v) is 24.0. The standard InChI is InChI=1S/C35H36N4O/c1-6-11-33-38-34-24(3)20-28(25(4)37-31-15-10-7-12-23(31)2)21-32(34)39(33)22-26-16-18-27(19-17-26)29-13-8-9-14-30(29)35(40)36-5/h7-10,12-21H,6,11,22H2,1-5H3,(H,36,40). The van der Waals surface area contributed by atoms with Crippen LogP contribution in [0.4, 0.5) is 5.69 Å². The second kappa shape index (κ2) is 11.7. The summed E-state index contributed by atoms with van der Waals surface area (Å²) in [7, 11) is 1.66. The average Bonchev–Trinajstić information content (AvgIpc) is 3.31. The maximum absolute atomic E-state index is 12.4. The van der Waals surface area contributed by atoms with Crippen molar-refractivity contribution in [3.8, 4) is 11.1 Å². The summed E-state index contributed by atoms with van der Waals surface area (Å²) in [5.74, 6) is 1.02. The Labute approximate surface area is 236 Å². The van der Waals surface area contributed by atoms with Crippen LogP contribution in [-0.2, 0) is 13.0 Å². The lowest BCUT2D eigenvalue weighted by molar-refractivity contribution is 0.0963. The first kappa shape index (κ1) is 27.1. The topological polar surface area (TPSA) is 59.3 Å². The third kappa shape index (κ3) is 5.46. The first-order valence-electron chi connectivity index (χ1n) is 13.9. The highest BCUT2D eigenvalue weighted by Crippen LogP contribution is 2.28. The van der Waals surface area contributed by atoms with Crippen molar-refractivity contribution in [1.82, 2.24) is 14.9 Å². The highest BCUT2D eigenvalue weighted by atomic mass is 16.1. The predicted octanol–water partition coefficient (Wildman–Crippen LogP) is 7.82. The lowest BCUT2D eigenvalue weighted by atomic mass is 9.98. The van der Waals surface area contributed by atoms with E-state index in [0.717, 1.165) is 75.5 Å². The minimum Gasteiger partial charge on any atom is -0.355 e. The van der Waals surface area contributed by atoms with Gasteiger partial charge in [0.1, 0.15) is 5.82 Å². The number of benzene rings is 4. The summed E-state index contributed by atoms with van der Waals surface area (Å²) in [4.78, 5) is 22.4. The van der Waals surface area contributed by atoms with Crippen LogP contribution >= 0.6 is 0 Å². The lowest BCUT2D eigenvalue weighted by Gasteiger charge is -2.12. The Morgan fingerprint density at radius 3 is 2.38 bits per heavy atom. The molecule has 5 heteroatoms. The zero-order chi connectivity index (χ0) is 28.2. The predicted molar refractivity (Wildman–Crippen MR) is 166 cm³/mol. The van der Waals surface area contributed by atoms with Crippen LogP contribution in [0.25, 0.3) is 22.2 Å². The number of hydrogen-bond acceptors (Lipinski definition) is 3. The van der Waals surface area contributed by atoms with Crippen molar-refractivity contribution in [2.75, 3.05) is 7.05 Å². The van der Waals surface area contributed by atoms with E-state index in [-0.39, 0.29) is 5.91 Å². The fourth-order valence-electron chi connectivity index (χ4n) is 5.21. The quantitative estimate of drug-likeness (QED) is 0.209. The van der Waals surface area contributed by atoms with Crippen LogP contribution in [0.1, 0.15) is 58.7 Å². The van der Waals surface area contributed by atoms with E-state index in [2.05, 4.69) is 86.1 Å². The second-order valence-corrected chi connectivity index (χ2v) is 10.3. The van der Waals surface area contributed by atoms with Gasteiger partial charge in [-0.25, -0.2) is 4.98 Å². The van der Waals surface area contributed by atoms with Gasteiger partial charge < -0.3 is 9.88 Å². The second-order valence-electron chi connectivity index (χ2n) is 10.3. The van der Waals surface area contributed by atoms with Gasteiger partial charge >= 0.3 is 0 Å². The van der Waals surface area contributed by atoms with Gasteiger partial charge in [-0.05, 0) is 84.8 Å². The number of aryl methyl sites for hydroxylation is 3. The van der Waals surface area contributed by atoms with E-state index < -0.39 is 0 Å². The maximum atomic E-state index is 12.4. The van der Waals surface area contributed by atoms with Gasteiger partial charge in [0.15, 0.2) is 0 Å². The van der Waals surface area contributed by atoms with E-state index in [9.17, 15) is 4.79 Å². The molecule has 0 aliphatic rings. The van der Waals surface area contributed by atoms with Crippen LogP contribution in [0.15, 0.2) is 89.9 Å². The van der Waals surface area contributed by atoms with E-state index in [0.29, 0.717) is 5.56 Å². The highest BCUT2D eigenvalue weighted by Gasteiger charge is 2.16. The molecule has 5 rings (SSSR count). The molecule has 1 heterocycles. The van der Waals surface area contributed by atoms with E-state index in [1.165, 1.54) is 5.56 Å². The molecular weight excluding hydrogens is 492 g/mol. The van der Waals surface area contributed by atoms with Crippen LogP contribution in [0, 0.1) is 13.8 Å². The Balaban J connectivity index is 1.53. The van der Waals surface area contributed by atoms with Gasteiger partial charge in [-0.15, -0.1) is 0 Å². The molecule has 0 spiro atoms. The largest absolute Gasteiger partial charge is 0.355 e. The molecule has 0 bridgehead atoms. The summed E-state index contributed by atoms with van der Waals surface area (Å²) in [5, 5.41) is 2.74. The molecule has 4 aromatic carbocycles. The van der Waals surface area contributed by atoms with Gasteiger partial charge in [-0.3, -0.25) is 9.79 Å². The summed E-state index contributed by atoms with van der Waals surface area (Å²) < 4.78 is 2.35. The summed E-state index contributed by atoms with van der Waals surface area (Å²) in [6.45, 7) is 9.23. The van der Waals surface area contributed by atoms with Crippen LogP contribution in [0.3, 0.4) is 0 Å². The summed E-state index contributed by atoms with van der Waals surface area (Å²) in [5.41, 5.74) is 11.4. The average molecular weight is 529 g/mol. The lowest BCUT2D eigenvalue weighted by Crippen LogP contribution is -2.18. The zero-order valence-electron chi connectivity index (χ0n) is 24.0. The third-order valence-corrected chi connectivity index (χ3v) is 7.42. The van der Waals surface area contributed by atoms with E-state index in [1.807, 2.05) is 36.4 Å². The van der Waals surface area contributed by atoms with E-state index >= 15 is 0 Å². The molecule has 202 valence electrons. The number of amides is 1. The summed E-state index contributed by atoms with van der Waals surface area (Å²) in [6, 6.07) is 28.9. The van der Waals surface area contributed by atoms with Gasteiger partial charge in [0.05, 0.1) is 16.7 Å². The van der Waals surface area contributed by atoms with Crippen LogP contribution in [0.2, 0.25) is 0 Å². The minimum absolute atomic E-state index is 0.0822. The number of rotatable bonds is 8.